The summed E-state index contributed by atoms with van der Waals surface area (Å²) in [6.07, 6.45) is 0.839. The maximum atomic E-state index is 13.8. The summed E-state index contributed by atoms with van der Waals surface area (Å²) >= 11 is 0. The molecule has 20 heavy (non-hydrogen) atoms. The molecule has 3 aromatic carbocycles. The van der Waals surface area contributed by atoms with E-state index in [-0.39, 0.29) is 11.9 Å². The average Bonchev–Trinajstić information content (AvgIpc) is 2.92. The molecule has 4 rings (SSSR count). The lowest BCUT2D eigenvalue weighted by atomic mass is 9.99. The zero-order valence-electron chi connectivity index (χ0n) is 10.9. The topological polar surface area (TPSA) is 12.0 Å². The molecule has 1 unspecified atom stereocenters. The van der Waals surface area contributed by atoms with Gasteiger partial charge in [-0.25, -0.2) is 4.39 Å². The first kappa shape index (κ1) is 11.5. The van der Waals surface area contributed by atoms with Gasteiger partial charge in [0.2, 0.25) is 0 Å². The molecule has 1 heterocycles. The number of hydrogen-bond donors (Lipinski definition) is 1. The number of benzene rings is 3. The van der Waals surface area contributed by atoms with Crippen molar-refractivity contribution in [2.24, 2.45) is 0 Å². The molecule has 1 aliphatic heterocycles. The third-order valence-corrected chi connectivity index (χ3v) is 4.02. The molecule has 0 saturated heterocycles. The Labute approximate surface area is 117 Å². The molecule has 0 spiro atoms. The van der Waals surface area contributed by atoms with Crippen LogP contribution in [0.1, 0.15) is 17.2 Å². The molecule has 1 nitrogen and oxygen atoms in total. The number of halogens is 1. The first-order chi connectivity index (χ1) is 9.81. The van der Waals surface area contributed by atoms with Gasteiger partial charge in [-0.3, -0.25) is 0 Å². The standard InChI is InChI=1S/C18H14FN/c19-16-7-3-6-15-11-17(20-18(15)16)14-9-8-12-4-1-2-5-13(12)10-14/h1-10,17,20H,11H2. The van der Waals surface area contributed by atoms with Crippen molar-refractivity contribution in [1.29, 1.82) is 0 Å². The molecule has 0 amide bonds. The number of anilines is 1. The summed E-state index contributed by atoms with van der Waals surface area (Å²) in [5.74, 6) is -0.161. The van der Waals surface area contributed by atoms with Crippen molar-refractivity contribution in [2.45, 2.75) is 12.5 Å². The Morgan fingerprint density at radius 3 is 2.60 bits per heavy atom. The molecule has 2 heteroatoms. The Kier molecular flexibility index (Phi) is 2.49. The zero-order chi connectivity index (χ0) is 13.5. The van der Waals surface area contributed by atoms with Gasteiger partial charge in [-0.05, 0) is 40.5 Å². The van der Waals surface area contributed by atoms with Crippen LogP contribution < -0.4 is 5.32 Å². The zero-order valence-corrected chi connectivity index (χ0v) is 10.9. The summed E-state index contributed by atoms with van der Waals surface area (Å²) < 4.78 is 13.8. The average molecular weight is 263 g/mol. The molecule has 1 N–H and O–H groups in total. The van der Waals surface area contributed by atoms with Gasteiger partial charge in [-0.15, -0.1) is 0 Å². The van der Waals surface area contributed by atoms with Crippen LogP contribution in [-0.4, -0.2) is 0 Å². The van der Waals surface area contributed by atoms with Crippen molar-refractivity contribution in [1.82, 2.24) is 0 Å². The fourth-order valence-corrected chi connectivity index (χ4v) is 2.97. The Bertz CT molecular complexity index is 794. The van der Waals surface area contributed by atoms with E-state index in [4.69, 9.17) is 0 Å². The lowest BCUT2D eigenvalue weighted by Gasteiger charge is -2.12. The third-order valence-electron chi connectivity index (χ3n) is 4.02. The molecule has 0 fully saturated rings. The van der Waals surface area contributed by atoms with Crippen LogP contribution in [0.3, 0.4) is 0 Å². The minimum Gasteiger partial charge on any atom is -0.375 e. The molecule has 98 valence electrons. The molecule has 0 aliphatic carbocycles. The van der Waals surface area contributed by atoms with Crippen LogP contribution in [0.25, 0.3) is 10.8 Å². The van der Waals surface area contributed by atoms with E-state index in [1.807, 2.05) is 18.2 Å². The van der Waals surface area contributed by atoms with Gasteiger partial charge in [0.05, 0.1) is 11.7 Å². The SMILES string of the molecule is Fc1cccc2c1NC(c1ccc3ccccc3c1)C2. The number of nitrogens with one attached hydrogen (secondary N) is 1. The van der Waals surface area contributed by atoms with Gasteiger partial charge >= 0.3 is 0 Å². The van der Waals surface area contributed by atoms with Crippen LogP contribution in [0, 0.1) is 5.82 Å². The summed E-state index contributed by atoms with van der Waals surface area (Å²) in [5, 5.41) is 5.77. The Morgan fingerprint density at radius 1 is 0.900 bits per heavy atom. The van der Waals surface area contributed by atoms with Gasteiger partial charge in [0.1, 0.15) is 5.82 Å². The minimum absolute atomic E-state index is 0.159. The van der Waals surface area contributed by atoms with Gasteiger partial charge in [0.25, 0.3) is 0 Å². The first-order valence-corrected chi connectivity index (χ1v) is 6.84. The highest BCUT2D eigenvalue weighted by molar-refractivity contribution is 5.83. The van der Waals surface area contributed by atoms with Crippen LogP contribution in [0.2, 0.25) is 0 Å². The predicted molar refractivity (Wildman–Crippen MR) is 80.4 cm³/mol. The van der Waals surface area contributed by atoms with Gasteiger partial charge in [0, 0.05) is 0 Å². The molecule has 1 aliphatic rings. The van der Waals surface area contributed by atoms with E-state index < -0.39 is 0 Å². The van der Waals surface area contributed by atoms with E-state index in [0.29, 0.717) is 5.69 Å². The van der Waals surface area contributed by atoms with Gasteiger partial charge in [-0.2, -0.15) is 0 Å². The van der Waals surface area contributed by atoms with Crippen molar-refractivity contribution in [3.8, 4) is 0 Å². The summed E-state index contributed by atoms with van der Waals surface area (Å²) in [5.41, 5.74) is 2.92. The number of para-hydroxylation sites is 1. The monoisotopic (exact) mass is 263 g/mol. The molecule has 0 aromatic heterocycles. The van der Waals surface area contributed by atoms with E-state index in [0.717, 1.165) is 12.0 Å². The number of fused-ring (bicyclic) bond motifs is 2. The van der Waals surface area contributed by atoms with Crippen molar-refractivity contribution in [3.05, 3.63) is 77.6 Å². The van der Waals surface area contributed by atoms with Crippen molar-refractivity contribution in [2.75, 3.05) is 5.32 Å². The largest absolute Gasteiger partial charge is 0.375 e. The molecule has 0 bridgehead atoms. The smallest absolute Gasteiger partial charge is 0.146 e. The van der Waals surface area contributed by atoms with Gasteiger partial charge in [-0.1, -0.05) is 48.5 Å². The summed E-state index contributed by atoms with van der Waals surface area (Å²) in [4.78, 5) is 0. The molecular formula is C18H14FN. The highest BCUT2D eigenvalue weighted by atomic mass is 19.1. The second-order valence-corrected chi connectivity index (χ2v) is 5.28. The highest BCUT2D eigenvalue weighted by Gasteiger charge is 2.24. The minimum atomic E-state index is -0.161. The quantitative estimate of drug-likeness (QED) is 0.671. The van der Waals surface area contributed by atoms with E-state index in [2.05, 4.69) is 35.6 Å². The van der Waals surface area contributed by atoms with Crippen molar-refractivity contribution < 1.29 is 4.39 Å². The second kappa shape index (κ2) is 4.34. The maximum absolute atomic E-state index is 13.8. The van der Waals surface area contributed by atoms with E-state index in [1.165, 1.54) is 22.4 Å². The van der Waals surface area contributed by atoms with Crippen LogP contribution >= 0.6 is 0 Å². The predicted octanol–water partition coefficient (Wildman–Crippen LogP) is 4.69. The number of rotatable bonds is 1. The van der Waals surface area contributed by atoms with E-state index in [1.54, 1.807) is 6.07 Å². The lowest BCUT2D eigenvalue weighted by Crippen LogP contribution is -2.05. The normalized spacial score (nSPS) is 16.9. The fourth-order valence-electron chi connectivity index (χ4n) is 2.97. The Morgan fingerprint density at radius 2 is 1.75 bits per heavy atom. The molecule has 1 atom stereocenters. The van der Waals surface area contributed by atoms with Crippen LogP contribution in [0.4, 0.5) is 10.1 Å². The second-order valence-electron chi connectivity index (χ2n) is 5.28. The first-order valence-electron chi connectivity index (χ1n) is 6.84. The summed E-state index contributed by atoms with van der Waals surface area (Å²) in [6, 6.07) is 20.2. The van der Waals surface area contributed by atoms with Crippen LogP contribution in [0.15, 0.2) is 60.7 Å². The van der Waals surface area contributed by atoms with E-state index >= 15 is 0 Å². The van der Waals surface area contributed by atoms with Crippen LogP contribution in [-0.2, 0) is 6.42 Å². The molecule has 0 radical (unpaired) electrons. The third kappa shape index (κ3) is 1.76. The van der Waals surface area contributed by atoms with Crippen LogP contribution in [0.5, 0.6) is 0 Å². The van der Waals surface area contributed by atoms with Crippen molar-refractivity contribution in [3.63, 3.8) is 0 Å². The Balaban J connectivity index is 1.73. The highest BCUT2D eigenvalue weighted by Crippen LogP contribution is 2.36. The molecular weight excluding hydrogens is 249 g/mol. The van der Waals surface area contributed by atoms with Gasteiger partial charge < -0.3 is 5.32 Å². The molecule has 3 aromatic rings. The number of hydrogen-bond acceptors (Lipinski definition) is 1. The van der Waals surface area contributed by atoms with E-state index in [9.17, 15) is 4.39 Å². The summed E-state index contributed by atoms with van der Waals surface area (Å²) in [6.45, 7) is 0. The fraction of sp³-hybridized carbons (Fsp3) is 0.111. The lowest BCUT2D eigenvalue weighted by molar-refractivity contribution is 0.630. The van der Waals surface area contributed by atoms with Crippen molar-refractivity contribution >= 4 is 16.5 Å². The summed E-state index contributed by atoms with van der Waals surface area (Å²) in [7, 11) is 0. The maximum Gasteiger partial charge on any atom is 0.146 e. The Hall–Kier alpha value is -2.35. The molecule has 0 saturated carbocycles. The van der Waals surface area contributed by atoms with Gasteiger partial charge in [0.15, 0.2) is 0 Å².